The molecule has 2 N–H and O–H groups in total. The summed E-state index contributed by atoms with van der Waals surface area (Å²) in [5.74, 6) is 0.829. The van der Waals surface area contributed by atoms with Crippen LogP contribution in [-0.2, 0) is 12.0 Å². The molecule has 120 valence electrons. The van der Waals surface area contributed by atoms with Crippen molar-refractivity contribution in [1.29, 1.82) is 0 Å². The summed E-state index contributed by atoms with van der Waals surface area (Å²) in [4.78, 5) is 8.64. The number of pyridine rings is 1. The van der Waals surface area contributed by atoms with Crippen molar-refractivity contribution in [3.05, 3.63) is 65.5 Å². The molecule has 1 aromatic carbocycles. The van der Waals surface area contributed by atoms with Crippen LogP contribution in [0.5, 0.6) is 0 Å². The number of hydrogen-bond acceptors (Lipinski definition) is 2. The van der Waals surface area contributed by atoms with Crippen LogP contribution in [0.4, 0.5) is 0 Å². The highest BCUT2D eigenvalue weighted by molar-refractivity contribution is 5.79. The zero-order valence-electron chi connectivity index (χ0n) is 13.8. The third kappa shape index (κ3) is 3.70. The molecule has 0 atom stereocenters. The van der Waals surface area contributed by atoms with Crippen molar-refractivity contribution in [1.82, 2.24) is 15.6 Å². The van der Waals surface area contributed by atoms with Crippen LogP contribution in [-0.4, -0.2) is 24.5 Å². The lowest BCUT2D eigenvalue weighted by molar-refractivity contribution is 0.641. The monoisotopic (exact) mass is 308 g/mol. The summed E-state index contributed by atoms with van der Waals surface area (Å²) in [5, 5.41) is 6.81. The number of nitrogens with one attached hydrogen (secondary N) is 2. The molecule has 3 rings (SSSR count). The van der Waals surface area contributed by atoms with Gasteiger partial charge in [-0.1, -0.05) is 30.3 Å². The normalized spacial score (nSPS) is 16.0. The molecule has 1 aliphatic carbocycles. The van der Waals surface area contributed by atoms with Gasteiger partial charge in [0.15, 0.2) is 5.96 Å². The second kappa shape index (κ2) is 6.82. The van der Waals surface area contributed by atoms with Crippen molar-refractivity contribution in [2.24, 2.45) is 4.99 Å². The Morgan fingerprint density at radius 3 is 2.57 bits per heavy atom. The van der Waals surface area contributed by atoms with E-state index in [-0.39, 0.29) is 5.41 Å². The molecule has 1 aliphatic rings. The number of hydrogen-bond donors (Lipinski definition) is 2. The summed E-state index contributed by atoms with van der Waals surface area (Å²) < 4.78 is 0. The van der Waals surface area contributed by atoms with Gasteiger partial charge >= 0.3 is 0 Å². The lowest BCUT2D eigenvalue weighted by atomic mass is 9.92. The maximum atomic E-state index is 4.32. The fourth-order valence-electron chi connectivity index (χ4n) is 3.01. The Bertz CT molecular complexity index is 675. The second-order valence-corrected chi connectivity index (χ2v) is 6.20. The van der Waals surface area contributed by atoms with E-state index in [1.165, 1.54) is 24.0 Å². The predicted molar refractivity (Wildman–Crippen MR) is 94.5 cm³/mol. The summed E-state index contributed by atoms with van der Waals surface area (Å²) >= 11 is 0. The van der Waals surface area contributed by atoms with Gasteiger partial charge in [-0.25, -0.2) is 0 Å². The number of aromatic nitrogens is 1. The SMILES string of the molecule is CN=C(NCc1ccccn1)NCC1(c2ccccc2C)CC1. The summed E-state index contributed by atoms with van der Waals surface area (Å²) in [6, 6.07) is 14.6. The molecule has 0 radical (unpaired) electrons. The van der Waals surface area contributed by atoms with E-state index in [2.05, 4.69) is 51.8 Å². The Hall–Kier alpha value is -2.36. The van der Waals surface area contributed by atoms with Gasteiger partial charge in [0.25, 0.3) is 0 Å². The first-order chi connectivity index (χ1) is 11.2. The van der Waals surface area contributed by atoms with Crippen LogP contribution >= 0.6 is 0 Å². The molecule has 4 nitrogen and oxygen atoms in total. The number of guanidine groups is 1. The van der Waals surface area contributed by atoms with Crippen LogP contribution in [0.1, 0.15) is 29.7 Å². The number of aryl methyl sites for hydroxylation is 1. The molecule has 1 heterocycles. The van der Waals surface area contributed by atoms with Gasteiger partial charge in [-0.05, 0) is 43.0 Å². The Morgan fingerprint density at radius 2 is 1.91 bits per heavy atom. The molecular weight excluding hydrogens is 284 g/mol. The van der Waals surface area contributed by atoms with Crippen molar-refractivity contribution in [2.45, 2.75) is 31.7 Å². The fourth-order valence-corrected chi connectivity index (χ4v) is 3.01. The van der Waals surface area contributed by atoms with Gasteiger partial charge in [0.1, 0.15) is 0 Å². The minimum atomic E-state index is 0.272. The number of benzene rings is 1. The lowest BCUT2D eigenvalue weighted by Gasteiger charge is -2.20. The minimum Gasteiger partial charge on any atom is -0.356 e. The van der Waals surface area contributed by atoms with Gasteiger partial charge in [-0.3, -0.25) is 9.98 Å². The molecule has 0 spiro atoms. The van der Waals surface area contributed by atoms with E-state index in [4.69, 9.17) is 0 Å². The third-order valence-electron chi connectivity index (χ3n) is 4.55. The third-order valence-corrected chi connectivity index (χ3v) is 4.55. The summed E-state index contributed by atoms with van der Waals surface area (Å²) in [5.41, 5.74) is 4.12. The van der Waals surface area contributed by atoms with Gasteiger partial charge in [-0.15, -0.1) is 0 Å². The van der Waals surface area contributed by atoms with Crippen molar-refractivity contribution in [2.75, 3.05) is 13.6 Å². The van der Waals surface area contributed by atoms with E-state index in [0.717, 1.165) is 18.2 Å². The lowest BCUT2D eigenvalue weighted by Crippen LogP contribution is -2.41. The molecule has 1 saturated carbocycles. The van der Waals surface area contributed by atoms with Crippen LogP contribution in [0.3, 0.4) is 0 Å². The van der Waals surface area contributed by atoms with Gasteiger partial charge < -0.3 is 10.6 Å². The molecule has 1 fully saturated rings. The zero-order chi connectivity index (χ0) is 16.1. The maximum absolute atomic E-state index is 4.32. The Labute approximate surface area is 138 Å². The maximum Gasteiger partial charge on any atom is 0.191 e. The first-order valence-electron chi connectivity index (χ1n) is 8.14. The van der Waals surface area contributed by atoms with Crippen molar-refractivity contribution in [3.8, 4) is 0 Å². The summed E-state index contributed by atoms with van der Waals surface area (Å²) in [6.07, 6.45) is 4.29. The first-order valence-corrected chi connectivity index (χ1v) is 8.14. The number of nitrogens with zero attached hydrogens (tertiary/aromatic N) is 2. The highest BCUT2D eigenvalue weighted by Gasteiger charge is 2.44. The van der Waals surface area contributed by atoms with Crippen LogP contribution in [0, 0.1) is 6.92 Å². The highest BCUT2D eigenvalue weighted by Crippen LogP contribution is 2.48. The second-order valence-electron chi connectivity index (χ2n) is 6.20. The molecule has 0 amide bonds. The van der Waals surface area contributed by atoms with Crippen LogP contribution in [0.2, 0.25) is 0 Å². The number of aliphatic imine (C=N–C) groups is 1. The topological polar surface area (TPSA) is 49.3 Å². The first kappa shape index (κ1) is 15.5. The smallest absolute Gasteiger partial charge is 0.191 e. The fraction of sp³-hybridized carbons (Fsp3) is 0.368. The average molecular weight is 308 g/mol. The van der Waals surface area contributed by atoms with Gasteiger partial charge in [0, 0.05) is 25.2 Å². The Balaban J connectivity index is 1.57. The van der Waals surface area contributed by atoms with E-state index in [0.29, 0.717) is 6.54 Å². The summed E-state index contributed by atoms with van der Waals surface area (Å²) in [7, 11) is 1.81. The Morgan fingerprint density at radius 1 is 1.13 bits per heavy atom. The average Bonchev–Trinajstić information content (AvgIpc) is 3.37. The van der Waals surface area contributed by atoms with Gasteiger partial charge in [-0.2, -0.15) is 0 Å². The minimum absolute atomic E-state index is 0.272. The Kier molecular flexibility index (Phi) is 4.60. The number of rotatable bonds is 5. The largest absolute Gasteiger partial charge is 0.356 e. The molecule has 0 bridgehead atoms. The molecule has 0 unspecified atom stereocenters. The van der Waals surface area contributed by atoms with Gasteiger partial charge in [0.05, 0.1) is 12.2 Å². The quantitative estimate of drug-likeness (QED) is 0.659. The zero-order valence-corrected chi connectivity index (χ0v) is 13.8. The van der Waals surface area contributed by atoms with Crippen LogP contribution in [0.15, 0.2) is 53.7 Å². The van der Waals surface area contributed by atoms with Crippen molar-refractivity contribution in [3.63, 3.8) is 0 Å². The van der Waals surface area contributed by atoms with E-state index < -0.39 is 0 Å². The van der Waals surface area contributed by atoms with Crippen molar-refractivity contribution >= 4 is 5.96 Å². The summed E-state index contributed by atoms with van der Waals surface area (Å²) in [6.45, 7) is 3.79. The van der Waals surface area contributed by atoms with Crippen LogP contribution < -0.4 is 10.6 Å². The van der Waals surface area contributed by atoms with Crippen LogP contribution in [0.25, 0.3) is 0 Å². The molecule has 0 saturated heterocycles. The molecule has 0 aliphatic heterocycles. The molecule has 2 aromatic rings. The van der Waals surface area contributed by atoms with Crippen molar-refractivity contribution < 1.29 is 0 Å². The predicted octanol–water partition coefficient (Wildman–Crippen LogP) is 2.79. The molecular formula is C19H24N4. The van der Waals surface area contributed by atoms with E-state index in [1.807, 2.05) is 24.4 Å². The molecule has 1 aromatic heterocycles. The van der Waals surface area contributed by atoms with E-state index in [1.54, 1.807) is 7.05 Å². The van der Waals surface area contributed by atoms with Gasteiger partial charge in [0.2, 0.25) is 0 Å². The molecule has 4 heteroatoms. The highest BCUT2D eigenvalue weighted by atomic mass is 15.2. The molecule has 23 heavy (non-hydrogen) atoms. The van der Waals surface area contributed by atoms with E-state index >= 15 is 0 Å². The standard InChI is InChI=1S/C19H24N4/c1-15-7-3-4-9-17(15)19(10-11-19)14-23-18(20-2)22-13-16-8-5-6-12-21-16/h3-9,12H,10-11,13-14H2,1-2H3,(H2,20,22,23). The van der Waals surface area contributed by atoms with E-state index in [9.17, 15) is 0 Å².